The third-order valence-corrected chi connectivity index (χ3v) is 8.41. The molecule has 1 amide bonds. The zero-order valence-corrected chi connectivity index (χ0v) is 23.0. The van der Waals surface area contributed by atoms with Crippen molar-refractivity contribution in [3.63, 3.8) is 0 Å². The number of thioether (sulfide) groups is 1. The van der Waals surface area contributed by atoms with Crippen molar-refractivity contribution < 1.29 is 9.53 Å². The van der Waals surface area contributed by atoms with E-state index in [0.717, 1.165) is 22.6 Å². The minimum atomic E-state index is -0.330. The summed E-state index contributed by atoms with van der Waals surface area (Å²) in [6, 6.07) is 24.3. The first-order valence-electron chi connectivity index (χ1n) is 12.9. The fourth-order valence-electron chi connectivity index (χ4n) is 5.39. The predicted molar refractivity (Wildman–Crippen MR) is 155 cm³/mol. The Morgan fingerprint density at radius 2 is 1.77 bits per heavy atom. The number of amides is 1. The van der Waals surface area contributed by atoms with Gasteiger partial charge in [0.1, 0.15) is 19.3 Å². The van der Waals surface area contributed by atoms with Gasteiger partial charge in [0.05, 0.1) is 0 Å². The van der Waals surface area contributed by atoms with Gasteiger partial charge in [-0.05, 0) is 35.7 Å². The van der Waals surface area contributed by atoms with E-state index < -0.39 is 0 Å². The number of anilines is 1. The summed E-state index contributed by atoms with van der Waals surface area (Å²) in [5.41, 5.74) is 6.07. The first-order chi connectivity index (χ1) is 18.9. The monoisotopic (exact) mass is 538 g/mol. The number of ether oxygens (including phenoxy) is 1. The van der Waals surface area contributed by atoms with E-state index in [4.69, 9.17) is 4.74 Å². The molecule has 3 aromatic carbocycles. The number of carbonyl (C=O) groups excluding carboxylic acids is 1. The van der Waals surface area contributed by atoms with Gasteiger partial charge < -0.3 is 15.0 Å². The highest BCUT2D eigenvalue weighted by molar-refractivity contribution is 7.98. The lowest BCUT2D eigenvalue weighted by molar-refractivity contribution is 0.0912. The van der Waals surface area contributed by atoms with Crippen molar-refractivity contribution in [2.45, 2.75) is 30.2 Å². The quantitative estimate of drug-likeness (QED) is 0.393. The lowest BCUT2D eigenvalue weighted by Crippen LogP contribution is -2.54. The highest BCUT2D eigenvalue weighted by Crippen LogP contribution is 2.45. The van der Waals surface area contributed by atoms with Crippen LogP contribution in [0.5, 0.6) is 5.75 Å². The molecule has 4 aromatic rings. The van der Waals surface area contributed by atoms with Gasteiger partial charge in [-0.15, -0.1) is 11.8 Å². The Kier molecular flexibility index (Phi) is 6.56. The van der Waals surface area contributed by atoms with E-state index in [-0.39, 0.29) is 42.1 Å². The molecule has 8 heteroatoms. The first-order valence-corrected chi connectivity index (χ1v) is 13.9. The van der Waals surface area contributed by atoms with Gasteiger partial charge in [-0.3, -0.25) is 19.3 Å². The van der Waals surface area contributed by atoms with E-state index in [2.05, 4.69) is 71.8 Å². The molecule has 2 aliphatic rings. The molecular weight excluding hydrogens is 508 g/mol. The standard InChI is InChI=1S/C31H30N4O3S/c1-20-16-34-28(30(29(20)36)38-17-21-10-5-4-6-11-21)31(37)32-19-35(34)27-23-13-7-8-15-25(23)39-18-22-12-9-14-24(26(22)27)33(2)3/h4-16,27H,17-19H2,1-3H3,(H,32,37)/t27-/m1/s1. The second-order valence-corrected chi connectivity index (χ2v) is 11.0. The van der Waals surface area contributed by atoms with Crippen molar-refractivity contribution in [2.24, 2.45) is 0 Å². The minimum Gasteiger partial charge on any atom is -0.482 e. The van der Waals surface area contributed by atoms with E-state index in [9.17, 15) is 9.59 Å². The number of nitrogens with zero attached hydrogens (tertiary/aromatic N) is 3. The Balaban J connectivity index is 1.55. The van der Waals surface area contributed by atoms with Gasteiger partial charge >= 0.3 is 0 Å². The number of nitrogens with one attached hydrogen (secondary N) is 1. The summed E-state index contributed by atoms with van der Waals surface area (Å²) in [6.07, 6.45) is 1.77. The molecule has 0 saturated carbocycles. The third kappa shape index (κ3) is 4.44. The summed E-state index contributed by atoms with van der Waals surface area (Å²) in [5, 5.41) is 5.16. The summed E-state index contributed by atoms with van der Waals surface area (Å²) in [5.74, 6) is 0.578. The molecule has 0 spiro atoms. The number of carbonyl (C=O) groups is 1. The molecule has 0 bridgehead atoms. The Morgan fingerprint density at radius 1 is 1.00 bits per heavy atom. The first kappa shape index (κ1) is 25.1. The van der Waals surface area contributed by atoms with E-state index in [1.807, 2.05) is 46.8 Å². The van der Waals surface area contributed by atoms with Crippen LogP contribution >= 0.6 is 11.8 Å². The summed E-state index contributed by atoms with van der Waals surface area (Å²) in [7, 11) is 4.11. The summed E-state index contributed by atoms with van der Waals surface area (Å²) in [6.45, 7) is 2.24. The smallest absolute Gasteiger partial charge is 0.275 e. The van der Waals surface area contributed by atoms with E-state index >= 15 is 0 Å². The summed E-state index contributed by atoms with van der Waals surface area (Å²) >= 11 is 1.82. The van der Waals surface area contributed by atoms with Crippen LogP contribution < -0.4 is 25.4 Å². The lowest BCUT2D eigenvalue weighted by atomic mass is 9.92. The molecule has 0 fully saturated rings. The predicted octanol–water partition coefficient (Wildman–Crippen LogP) is 4.84. The number of fused-ring (bicyclic) bond motifs is 3. The molecule has 0 unspecified atom stereocenters. The topological polar surface area (TPSA) is 66.8 Å². The highest BCUT2D eigenvalue weighted by Gasteiger charge is 2.37. The number of aromatic nitrogens is 1. The number of aryl methyl sites for hydroxylation is 1. The van der Waals surface area contributed by atoms with Gasteiger partial charge in [-0.1, -0.05) is 60.7 Å². The van der Waals surface area contributed by atoms with Crippen LogP contribution in [0.15, 0.2) is 88.7 Å². The number of hydrogen-bond donors (Lipinski definition) is 1. The second-order valence-electron chi connectivity index (χ2n) is 10.0. The molecular formula is C31H30N4O3S. The average Bonchev–Trinajstić information content (AvgIpc) is 3.11. The van der Waals surface area contributed by atoms with Gasteiger partial charge in [0.2, 0.25) is 5.43 Å². The number of pyridine rings is 1. The van der Waals surface area contributed by atoms with Crippen LogP contribution in [0.25, 0.3) is 0 Å². The van der Waals surface area contributed by atoms with Crippen LogP contribution in [0.3, 0.4) is 0 Å². The Morgan fingerprint density at radius 3 is 2.56 bits per heavy atom. The normalized spacial score (nSPS) is 15.9. The van der Waals surface area contributed by atoms with Crippen LogP contribution in [-0.2, 0) is 12.4 Å². The molecule has 1 N–H and O–H groups in total. The minimum absolute atomic E-state index is 0.0680. The van der Waals surface area contributed by atoms with Crippen LogP contribution in [0.2, 0.25) is 0 Å². The number of benzene rings is 3. The maximum Gasteiger partial charge on any atom is 0.275 e. The van der Waals surface area contributed by atoms with Crippen molar-refractivity contribution in [3.05, 3.63) is 123 Å². The maximum absolute atomic E-state index is 13.4. The molecule has 0 radical (unpaired) electrons. The SMILES string of the molecule is Cc1cn2c(c(OCc3ccccc3)c1=O)C(=O)NCN2[C@@H]1c2ccccc2SCc2cccc(N(C)C)c21. The Bertz CT molecular complexity index is 1620. The van der Waals surface area contributed by atoms with Crippen LogP contribution in [0.1, 0.15) is 44.3 Å². The van der Waals surface area contributed by atoms with Crippen LogP contribution in [-0.4, -0.2) is 31.3 Å². The fraction of sp³-hybridized carbons (Fsp3) is 0.226. The fourth-order valence-corrected chi connectivity index (χ4v) is 6.47. The van der Waals surface area contributed by atoms with Crippen molar-refractivity contribution in [2.75, 3.05) is 30.7 Å². The zero-order chi connectivity index (χ0) is 27.1. The van der Waals surface area contributed by atoms with Crippen LogP contribution in [0.4, 0.5) is 5.69 Å². The molecule has 198 valence electrons. The van der Waals surface area contributed by atoms with Gasteiger partial charge in [0.25, 0.3) is 5.91 Å². The van der Waals surface area contributed by atoms with Crippen LogP contribution in [0, 0.1) is 6.92 Å². The third-order valence-electron chi connectivity index (χ3n) is 7.27. The van der Waals surface area contributed by atoms with Crippen molar-refractivity contribution in [1.82, 2.24) is 9.99 Å². The van der Waals surface area contributed by atoms with E-state index in [1.165, 1.54) is 16.0 Å². The van der Waals surface area contributed by atoms with Gasteiger partial charge in [-0.25, -0.2) is 0 Å². The van der Waals surface area contributed by atoms with Crippen molar-refractivity contribution in [3.8, 4) is 5.75 Å². The maximum atomic E-state index is 13.4. The zero-order valence-electron chi connectivity index (χ0n) is 22.2. The largest absolute Gasteiger partial charge is 0.482 e. The molecule has 0 saturated heterocycles. The van der Waals surface area contributed by atoms with Crippen molar-refractivity contribution in [1.29, 1.82) is 0 Å². The van der Waals surface area contributed by atoms with Crippen molar-refractivity contribution >= 4 is 23.4 Å². The van der Waals surface area contributed by atoms with Gasteiger partial charge in [0.15, 0.2) is 11.4 Å². The molecule has 2 aliphatic heterocycles. The summed E-state index contributed by atoms with van der Waals surface area (Å²) < 4.78 is 7.94. The van der Waals surface area contributed by atoms with E-state index in [0.29, 0.717) is 5.56 Å². The Hall–Kier alpha value is -4.17. The molecule has 0 aliphatic carbocycles. The molecule has 39 heavy (non-hydrogen) atoms. The molecule has 3 heterocycles. The number of rotatable bonds is 5. The highest BCUT2D eigenvalue weighted by atomic mass is 32.2. The van der Waals surface area contributed by atoms with E-state index in [1.54, 1.807) is 13.1 Å². The average molecular weight is 539 g/mol. The molecule has 1 atom stereocenters. The summed E-state index contributed by atoms with van der Waals surface area (Å²) in [4.78, 5) is 30.0. The molecule has 1 aromatic heterocycles. The second kappa shape index (κ2) is 10.2. The van der Waals surface area contributed by atoms with Gasteiger partial charge in [-0.2, -0.15) is 0 Å². The van der Waals surface area contributed by atoms with Gasteiger partial charge in [0, 0.05) is 47.8 Å². The molecule has 6 rings (SSSR count). The molecule has 7 nitrogen and oxygen atoms in total. The number of hydrogen-bond acceptors (Lipinski definition) is 6. The Labute approximate surface area is 232 Å². The lowest BCUT2D eigenvalue weighted by Gasteiger charge is -2.41.